The van der Waals surface area contributed by atoms with Gasteiger partial charge in [-0.2, -0.15) is 18.3 Å². The third kappa shape index (κ3) is 5.54. The molecule has 0 fully saturated rings. The Morgan fingerprint density at radius 1 is 1.20 bits per heavy atom. The lowest BCUT2D eigenvalue weighted by molar-refractivity contribution is -0.137. The van der Waals surface area contributed by atoms with Crippen LogP contribution in [-0.2, 0) is 17.5 Å². The second-order valence-corrected chi connectivity index (χ2v) is 8.15. The molecule has 2 heterocycles. The molecule has 0 bridgehead atoms. The molecule has 12 heteroatoms. The predicted octanol–water partition coefficient (Wildman–Crippen LogP) is 3.37. The standard InChI is InChI=1S/C23H22F3N7O2/c1-14(2)32(10-20-29-17-6-4-3-5-16(17)22(35)31-20)11-21(34)30-18-9-15(23(24,25)26)7-8-19(18)33-13-27-12-28-33/h3-9,12-14H,10-11H2,1-2H3,(H,30,34)(H,29,31,35). The number of halogens is 3. The van der Waals surface area contributed by atoms with Gasteiger partial charge in [-0.25, -0.2) is 14.6 Å². The van der Waals surface area contributed by atoms with E-state index in [2.05, 4.69) is 25.4 Å². The van der Waals surface area contributed by atoms with E-state index in [0.29, 0.717) is 16.7 Å². The Balaban J connectivity index is 1.57. The number of aromatic amines is 1. The van der Waals surface area contributed by atoms with Gasteiger partial charge < -0.3 is 10.3 Å². The number of hydrogen-bond donors (Lipinski definition) is 2. The third-order valence-corrected chi connectivity index (χ3v) is 5.36. The number of hydrogen-bond acceptors (Lipinski definition) is 6. The van der Waals surface area contributed by atoms with Crippen LogP contribution in [-0.4, -0.2) is 48.1 Å². The molecule has 2 aromatic heterocycles. The second-order valence-electron chi connectivity index (χ2n) is 8.15. The largest absolute Gasteiger partial charge is 0.416 e. The number of nitrogens with zero attached hydrogens (tertiary/aromatic N) is 5. The van der Waals surface area contributed by atoms with Crippen molar-refractivity contribution in [3.05, 3.63) is 76.9 Å². The molecule has 9 nitrogen and oxygen atoms in total. The smallest absolute Gasteiger partial charge is 0.323 e. The lowest BCUT2D eigenvalue weighted by Crippen LogP contribution is -2.38. The summed E-state index contributed by atoms with van der Waals surface area (Å²) in [5.74, 6) is -0.167. The maximum absolute atomic E-state index is 13.3. The molecule has 2 N–H and O–H groups in total. The Kier molecular flexibility index (Phi) is 6.65. The molecule has 0 saturated heterocycles. The molecule has 4 rings (SSSR count). The van der Waals surface area contributed by atoms with Gasteiger partial charge in [-0.05, 0) is 44.2 Å². The number of para-hydroxylation sites is 1. The average Bonchev–Trinajstić information content (AvgIpc) is 3.33. The van der Waals surface area contributed by atoms with Crippen molar-refractivity contribution >= 4 is 22.5 Å². The zero-order valence-electron chi connectivity index (χ0n) is 18.9. The van der Waals surface area contributed by atoms with E-state index in [-0.39, 0.29) is 36.1 Å². The van der Waals surface area contributed by atoms with Gasteiger partial charge in [-0.3, -0.25) is 14.5 Å². The maximum Gasteiger partial charge on any atom is 0.416 e. The van der Waals surface area contributed by atoms with Gasteiger partial charge in [-0.1, -0.05) is 12.1 Å². The lowest BCUT2D eigenvalue weighted by Gasteiger charge is -2.25. The van der Waals surface area contributed by atoms with Crippen LogP contribution < -0.4 is 10.9 Å². The second kappa shape index (κ2) is 9.66. The van der Waals surface area contributed by atoms with Gasteiger partial charge in [0.1, 0.15) is 18.5 Å². The summed E-state index contributed by atoms with van der Waals surface area (Å²) in [5, 5.41) is 6.96. The zero-order valence-corrected chi connectivity index (χ0v) is 18.9. The number of alkyl halides is 3. The molecule has 0 aliphatic carbocycles. The molecule has 2 aromatic carbocycles. The summed E-state index contributed by atoms with van der Waals surface area (Å²) in [6, 6.07) is 9.76. The molecule has 4 aromatic rings. The average molecular weight is 485 g/mol. The Labute approximate surface area is 197 Å². The van der Waals surface area contributed by atoms with Gasteiger partial charge in [0.15, 0.2) is 0 Å². The number of benzene rings is 2. The van der Waals surface area contributed by atoms with Crippen molar-refractivity contribution in [3.8, 4) is 5.69 Å². The van der Waals surface area contributed by atoms with Gasteiger partial charge in [0.05, 0.1) is 40.9 Å². The highest BCUT2D eigenvalue weighted by Gasteiger charge is 2.31. The molecule has 0 saturated carbocycles. The van der Waals surface area contributed by atoms with E-state index in [1.54, 1.807) is 29.2 Å². The minimum absolute atomic E-state index is 0.0590. The van der Waals surface area contributed by atoms with Crippen LogP contribution in [0.2, 0.25) is 0 Å². The Hall–Kier alpha value is -4.06. The number of nitrogens with one attached hydrogen (secondary N) is 2. The van der Waals surface area contributed by atoms with Crippen LogP contribution >= 0.6 is 0 Å². The fourth-order valence-electron chi connectivity index (χ4n) is 3.54. The van der Waals surface area contributed by atoms with E-state index in [1.165, 1.54) is 23.4 Å². The summed E-state index contributed by atoms with van der Waals surface area (Å²) in [5.41, 5.74) is -0.492. The van der Waals surface area contributed by atoms with E-state index < -0.39 is 17.6 Å². The fourth-order valence-corrected chi connectivity index (χ4v) is 3.54. The number of H-pyrrole nitrogens is 1. The minimum atomic E-state index is -4.59. The molecule has 1 amide bonds. The topological polar surface area (TPSA) is 109 Å². The van der Waals surface area contributed by atoms with Crippen LogP contribution in [0.15, 0.2) is 59.9 Å². The number of amides is 1. The molecular formula is C23H22F3N7O2. The summed E-state index contributed by atoms with van der Waals surface area (Å²) in [6.07, 6.45) is -2.03. The molecule has 0 spiro atoms. The highest BCUT2D eigenvalue weighted by molar-refractivity contribution is 5.94. The summed E-state index contributed by atoms with van der Waals surface area (Å²) >= 11 is 0. The van der Waals surface area contributed by atoms with E-state index in [9.17, 15) is 22.8 Å². The van der Waals surface area contributed by atoms with Crippen LogP contribution in [0.3, 0.4) is 0 Å². The van der Waals surface area contributed by atoms with Crippen LogP contribution in [0.4, 0.5) is 18.9 Å². The highest BCUT2D eigenvalue weighted by Crippen LogP contribution is 2.33. The monoisotopic (exact) mass is 485 g/mol. The number of aromatic nitrogens is 5. The van der Waals surface area contributed by atoms with Gasteiger partial charge in [-0.15, -0.1) is 0 Å². The first-order valence-electron chi connectivity index (χ1n) is 10.7. The van der Waals surface area contributed by atoms with Crippen molar-refractivity contribution in [2.24, 2.45) is 0 Å². The quantitative estimate of drug-likeness (QED) is 0.416. The first-order valence-corrected chi connectivity index (χ1v) is 10.7. The maximum atomic E-state index is 13.3. The summed E-state index contributed by atoms with van der Waals surface area (Å²) < 4.78 is 41.1. The van der Waals surface area contributed by atoms with Gasteiger partial charge in [0.25, 0.3) is 5.56 Å². The molecule has 182 valence electrons. The number of rotatable bonds is 7. The number of fused-ring (bicyclic) bond motifs is 1. The minimum Gasteiger partial charge on any atom is -0.323 e. The SMILES string of the molecule is CC(C)N(CC(=O)Nc1cc(C(F)(F)F)ccc1-n1cncn1)Cc1nc2ccccc2c(=O)[nH]1. The molecule has 0 atom stereocenters. The molecule has 0 unspecified atom stereocenters. The first kappa shape index (κ1) is 24.1. The van der Waals surface area contributed by atoms with Crippen molar-refractivity contribution in [1.29, 1.82) is 0 Å². The Morgan fingerprint density at radius 3 is 2.66 bits per heavy atom. The van der Waals surface area contributed by atoms with Crippen LogP contribution in [0.1, 0.15) is 25.2 Å². The number of carbonyl (C=O) groups is 1. The fraction of sp³-hybridized carbons (Fsp3) is 0.261. The normalized spacial score (nSPS) is 12.0. The van der Waals surface area contributed by atoms with E-state index in [4.69, 9.17) is 0 Å². The van der Waals surface area contributed by atoms with E-state index in [1.807, 2.05) is 13.8 Å². The molecule has 35 heavy (non-hydrogen) atoms. The number of carbonyl (C=O) groups excluding carboxylic acids is 1. The summed E-state index contributed by atoms with van der Waals surface area (Å²) in [4.78, 5) is 38.0. The van der Waals surface area contributed by atoms with Crippen molar-refractivity contribution < 1.29 is 18.0 Å². The van der Waals surface area contributed by atoms with Crippen molar-refractivity contribution in [2.45, 2.75) is 32.6 Å². The molecule has 0 radical (unpaired) electrons. The van der Waals surface area contributed by atoms with Gasteiger partial charge in [0.2, 0.25) is 5.91 Å². The van der Waals surface area contributed by atoms with Crippen LogP contribution in [0.25, 0.3) is 16.6 Å². The Bertz CT molecular complexity index is 1400. The number of anilines is 1. The van der Waals surface area contributed by atoms with Gasteiger partial charge >= 0.3 is 6.18 Å². The van der Waals surface area contributed by atoms with Crippen LogP contribution in [0, 0.1) is 0 Å². The van der Waals surface area contributed by atoms with Crippen molar-refractivity contribution in [1.82, 2.24) is 29.6 Å². The first-order chi connectivity index (χ1) is 16.6. The lowest BCUT2D eigenvalue weighted by atomic mass is 10.1. The predicted molar refractivity (Wildman–Crippen MR) is 123 cm³/mol. The zero-order chi connectivity index (χ0) is 25.2. The highest BCUT2D eigenvalue weighted by atomic mass is 19.4. The van der Waals surface area contributed by atoms with E-state index in [0.717, 1.165) is 12.1 Å². The van der Waals surface area contributed by atoms with Crippen molar-refractivity contribution in [2.75, 3.05) is 11.9 Å². The molecule has 0 aliphatic heterocycles. The Morgan fingerprint density at radius 2 is 1.97 bits per heavy atom. The summed E-state index contributed by atoms with van der Waals surface area (Å²) in [7, 11) is 0. The summed E-state index contributed by atoms with van der Waals surface area (Å²) in [6.45, 7) is 3.72. The van der Waals surface area contributed by atoms with E-state index >= 15 is 0 Å². The third-order valence-electron chi connectivity index (χ3n) is 5.36. The molecule has 0 aliphatic rings. The van der Waals surface area contributed by atoms with Crippen molar-refractivity contribution in [3.63, 3.8) is 0 Å². The molecular weight excluding hydrogens is 463 g/mol. The van der Waals surface area contributed by atoms with Gasteiger partial charge in [0, 0.05) is 6.04 Å². The van der Waals surface area contributed by atoms with Crippen LogP contribution in [0.5, 0.6) is 0 Å².